The summed E-state index contributed by atoms with van der Waals surface area (Å²) in [6.07, 6.45) is 2.91. The van der Waals surface area contributed by atoms with Crippen molar-refractivity contribution in [2.75, 3.05) is 47.6 Å². The second-order valence-corrected chi connectivity index (χ2v) is 5.98. The minimum atomic E-state index is 0. The zero-order valence-corrected chi connectivity index (χ0v) is 16.1. The topological polar surface area (TPSA) is 60.0 Å². The van der Waals surface area contributed by atoms with E-state index in [1.807, 2.05) is 11.9 Å². The third-order valence-electron chi connectivity index (χ3n) is 4.30. The van der Waals surface area contributed by atoms with Gasteiger partial charge in [-0.15, -0.1) is 12.4 Å². The van der Waals surface area contributed by atoms with Crippen LogP contribution < -0.4 is 14.8 Å². The molecule has 1 aromatic carbocycles. The van der Waals surface area contributed by atoms with E-state index < -0.39 is 0 Å². The molecule has 1 N–H and O–H groups in total. The average molecular weight is 373 g/mol. The van der Waals surface area contributed by atoms with Crippen LogP contribution in [0.5, 0.6) is 11.5 Å². The molecule has 25 heavy (non-hydrogen) atoms. The first-order valence-electron chi connectivity index (χ1n) is 8.45. The second-order valence-electron chi connectivity index (χ2n) is 5.98. The van der Waals surface area contributed by atoms with Crippen molar-refractivity contribution in [3.8, 4) is 11.5 Å². The Labute approximate surface area is 156 Å². The van der Waals surface area contributed by atoms with Crippen LogP contribution in [0.2, 0.25) is 0 Å². The minimum absolute atomic E-state index is 0. The highest BCUT2D eigenvalue weighted by molar-refractivity contribution is 5.95. The Morgan fingerprint density at radius 3 is 2.72 bits per heavy atom. The number of amides is 1. The normalized spacial score (nSPS) is 16.7. The molecular weight excluding hydrogens is 344 g/mol. The van der Waals surface area contributed by atoms with Crippen LogP contribution >= 0.6 is 12.4 Å². The number of rotatable bonds is 8. The Hall–Kier alpha value is -1.50. The van der Waals surface area contributed by atoms with Crippen LogP contribution in [0.4, 0.5) is 0 Å². The fourth-order valence-corrected chi connectivity index (χ4v) is 2.84. The molecule has 0 radical (unpaired) electrons. The van der Waals surface area contributed by atoms with Crippen molar-refractivity contribution in [2.45, 2.75) is 25.3 Å². The van der Waals surface area contributed by atoms with Gasteiger partial charge in [-0.2, -0.15) is 0 Å². The minimum Gasteiger partial charge on any atom is -0.493 e. The Bertz CT molecular complexity index is 536. The maximum Gasteiger partial charge on any atom is 0.254 e. The van der Waals surface area contributed by atoms with E-state index in [1.165, 1.54) is 0 Å². The molecule has 0 aromatic heterocycles. The molecule has 1 fully saturated rings. The maximum atomic E-state index is 12.8. The highest BCUT2D eigenvalue weighted by Crippen LogP contribution is 2.29. The van der Waals surface area contributed by atoms with Gasteiger partial charge >= 0.3 is 0 Å². The first-order valence-corrected chi connectivity index (χ1v) is 8.45. The number of likely N-dealkylation sites (N-methyl/N-ethyl adjacent to an activating group) is 1. The van der Waals surface area contributed by atoms with Gasteiger partial charge in [-0.1, -0.05) is 0 Å². The molecule has 142 valence electrons. The third-order valence-corrected chi connectivity index (χ3v) is 4.30. The molecule has 1 heterocycles. The number of hydrogen-bond donors (Lipinski definition) is 1. The monoisotopic (exact) mass is 372 g/mol. The average Bonchev–Trinajstić information content (AvgIpc) is 2.64. The standard InChI is InChI=1S/C18H28N2O4.ClH/c1-20(15-6-4-9-19-13-15)18(21)14-7-8-16(23-3)17(12-14)24-11-5-10-22-2;/h7-8,12,15,19H,4-6,9-11,13H2,1-3H3;1H/t15-;/m1./s1. The number of carbonyl (C=O) groups excluding carboxylic acids is 1. The van der Waals surface area contributed by atoms with E-state index in [0.29, 0.717) is 30.3 Å². The molecule has 1 saturated heterocycles. The highest BCUT2D eigenvalue weighted by Gasteiger charge is 2.23. The van der Waals surface area contributed by atoms with Crippen molar-refractivity contribution in [3.63, 3.8) is 0 Å². The van der Waals surface area contributed by atoms with E-state index in [4.69, 9.17) is 14.2 Å². The summed E-state index contributed by atoms with van der Waals surface area (Å²) in [6, 6.07) is 5.57. The summed E-state index contributed by atoms with van der Waals surface area (Å²) in [5.41, 5.74) is 0.616. The summed E-state index contributed by atoms with van der Waals surface area (Å²) in [6.45, 7) is 3.03. The van der Waals surface area contributed by atoms with Gasteiger partial charge in [0.1, 0.15) is 0 Å². The van der Waals surface area contributed by atoms with Gasteiger partial charge in [0.15, 0.2) is 11.5 Å². The van der Waals surface area contributed by atoms with E-state index in [0.717, 1.165) is 32.4 Å². The van der Waals surface area contributed by atoms with E-state index in [2.05, 4.69) is 5.32 Å². The van der Waals surface area contributed by atoms with Gasteiger partial charge in [0, 0.05) is 45.3 Å². The Morgan fingerprint density at radius 1 is 1.28 bits per heavy atom. The lowest BCUT2D eigenvalue weighted by molar-refractivity contribution is 0.0707. The summed E-state index contributed by atoms with van der Waals surface area (Å²) < 4.78 is 16.1. The van der Waals surface area contributed by atoms with Crippen LogP contribution in [-0.4, -0.2) is 64.4 Å². The van der Waals surface area contributed by atoms with Crippen molar-refractivity contribution in [1.29, 1.82) is 0 Å². The van der Waals surface area contributed by atoms with E-state index in [-0.39, 0.29) is 24.4 Å². The largest absolute Gasteiger partial charge is 0.493 e. The number of nitrogens with one attached hydrogen (secondary N) is 1. The first kappa shape index (κ1) is 21.5. The molecule has 1 aliphatic rings. The lowest BCUT2D eigenvalue weighted by Gasteiger charge is -2.31. The number of methoxy groups -OCH3 is 2. The summed E-state index contributed by atoms with van der Waals surface area (Å²) >= 11 is 0. The Morgan fingerprint density at radius 2 is 2.08 bits per heavy atom. The molecular formula is C18H29ClN2O4. The quantitative estimate of drug-likeness (QED) is 0.710. The summed E-state index contributed by atoms with van der Waals surface area (Å²) in [5, 5.41) is 3.34. The fraction of sp³-hybridized carbons (Fsp3) is 0.611. The summed E-state index contributed by atoms with van der Waals surface area (Å²) in [7, 11) is 5.12. The zero-order valence-electron chi connectivity index (χ0n) is 15.2. The molecule has 0 bridgehead atoms. The molecule has 0 saturated carbocycles. The molecule has 1 amide bonds. The van der Waals surface area contributed by atoms with E-state index in [9.17, 15) is 4.79 Å². The number of halogens is 1. The molecule has 1 atom stereocenters. The third kappa shape index (κ3) is 6.06. The van der Waals surface area contributed by atoms with Crippen LogP contribution in [-0.2, 0) is 4.74 Å². The SMILES string of the molecule is COCCCOc1cc(C(=O)N(C)[C@@H]2CCCNC2)ccc1OC.Cl. The van der Waals surface area contributed by atoms with Crippen molar-refractivity contribution in [1.82, 2.24) is 10.2 Å². The lowest BCUT2D eigenvalue weighted by atomic mass is 10.0. The van der Waals surface area contributed by atoms with Crippen LogP contribution in [0.1, 0.15) is 29.6 Å². The predicted molar refractivity (Wildman–Crippen MR) is 100 cm³/mol. The molecule has 0 spiro atoms. The number of benzene rings is 1. The first-order chi connectivity index (χ1) is 11.7. The van der Waals surface area contributed by atoms with Gasteiger partial charge in [-0.3, -0.25) is 4.79 Å². The number of carbonyl (C=O) groups is 1. The molecule has 1 aromatic rings. The van der Waals surface area contributed by atoms with Crippen LogP contribution in [0, 0.1) is 0 Å². The summed E-state index contributed by atoms with van der Waals surface area (Å²) in [4.78, 5) is 14.6. The number of piperidine rings is 1. The predicted octanol–water partition coefficient (Wildman–Crippen LogP) is 2.36. The molecule has 0 unspecified atom stereocenters. The van der Waals surface area contributed by atoms with Crippen LogP contribution in [0.25, 0.3) is 0 Å². The van der Waals surface area contributed by atoms with Crippen LogP contribution in [0.3, 0.4) is 0 Å². The maximum absolute atomic E-state index is 12.8. The lowest BCUT2D eigenvalue weighted by Crippen LogP contribution is -2.46. The van der Waals surface area contributed by atoms with Crippen LogP contribution in [0.15, 0.2) is 18.2 Å². The van der Waals surface area contributed by atoms with E-state index in [1.54, 1.807) is 32.4 Å². The number of ether oxygens (including phenoxy) is 3. The van der Waals surface area contributed by atoms with Gasteiger partial charge in [-0.25, -0.2) is 0 Å². The molecule has 6 nitrogen and oxygen atoms in total. The van der Waals surface area contributed by atoms with Gasteiger partial charge < -0.3 is 24.4 Å². The van der Waals surface area contributed by atoms with E-state index >= 15 is 0 Å². The van der Waals surface area contributed by atoms with Crippen molar-refractivity contribution >= 4 is 18.3 Å². The smallest absolute Gasteiger partial charge is 0.254 e. The highest BCUT2D eigenvalue weighted by atomic mass is 35.5. The van der Waals surface area contributed by atoms with Crippen molar-refractivity contribution in [3.05, 3.63) is 23.8 Å². The van der Waals surface area contributed by atoms with Crippen molar-refractivity contribution in [2.24, 2.45) is 0 Å². The molecule has 1 aliphatic heterocycles. The van der Waals surface area contributed by atoms with Crippen molar-refractivity contribution < 1.29 is 19.0 Å². The van der Waals surface area contributed by atoms with Gasteiger partial charge in [0.25, 0.3) is 5.91 Å². The van der Waals surface area contributed by atoms with Gasteiger partial charge in [0.2, 0.25) is 0 Å². The Kier molecular flexibility index (Phi) is 9.63. The summed E-state index contributed by atoms with van der Waals surface area (Å²) in [5.74, 6) is 1.23. The number of nitrogens with zero attached hydrogens (tertiary/aromatic N) is 1. The molecule has 7 heteroatoms. The zero-order chi connectivity index (χ0) is 17.4. The second kappa shape index (κ2) is 11.2. The van der Waals surface area contributed by atoms with Gasteiger partial charge in [0.05, 0.1) is 13.7 Å². The van der Waals surface area contributed by atoms with Gasteiger partial charge in [-0.05, 0) is 37.6 Å². The number of hydrogen-bond acceptors (Lipinski definition) is 5. The molecule has 0 aliphatic carbocycles. The fourth-order valence-electron chi connectivity index (χ4n) is 2.84. The Balaban J connectivity index is 0.00000312. The molecule has 2 rings (SSSR count).